The van der Waals surface area contributed by atoms with Crippen molar-refractivity contribution in [3.05, 3.63) is 35.4 Å². The number of nitrogens with zero attached hydrogens (tertiary/aromatic N) is 5. The summed E-state index contributed by atoms with van der Waals surface area (Å²) < 4.78 is 0. The van der Waals surface area contributed by atoms with Gasteiger partial charge in [0.25, 0.3) is 5.91 Å². The largest absolute Gasteiger partial charge is 0.333 e. The number of carbonyl (C=O) groups is 1. The van der Waals surface area contributed by atoms with Gasteiger partial charge in [-0.15, -0.1) is 0 Å². The molecule has 1 amide bonds. The molecule has 0 aliphatic rings. The highest BCUT2D eigenvalue weighted by Gasteiger charge is 2.15. The van der Waals surface area contributed by atoms with Crippen LogP contribution < -0.4 is 0 Å². The van der Waals surface area contributed by atoms with Crippen molar-refractivity contribution in [3.8, 4) is 0 Å². The van der Waals surface area contributed by atoms with E-state index in [0.29, 0.717) is 18.1 Å². The highest BCUT2D eigenvalue weighted by atomic mass is 16.2. The lowest BCUT2D eigenvalue weighted by atomic mass is 10.3. The number of hydrogen-bond donors (Lipinski definition) is 1. The molecule has 18 heavy (non-hydrogen) atoms. The zero-order chi connectivity index (χ0) is 13.1. The number of rotatable bonds is 3. The van der Waals surface area contributed by atoms with Crippen molar-refractivity contribution in [3.63, 3.8) is 0 Å². The summed E-state index contributed by atoms with van der Waals surface area (Å²) in [4.78, 5) is 25.8. The molecule has 0 fully saturated rings. The molecule has 7 heteroatoms. The molecule has 2 aromatic rings. The Hall–Kier alpha value is -2.31. The molecule has 2 rings (SSSR count). The van der Waals surface area contributed by atoms with Crippen LogP contribution in [0.25, 0.3) is 0 Å². The topological polar surface area (TPSA) is 87.7 Å². The second-order valence-corrected chi connectivity index (χ2v) is 4.04. The molecule has 7 nitrogen and oxygen atoms in total. The average Bonchev–Trinajstić information content (AvgIpc) is 2.75. The van der Waals surface area contributed by atoms with Gasteiger partial charge in [-0.05, 0) is 13.8 Å². The molecule has 0 saturated heterocycles. The van der Waals surface area contributed by atoms with E-state index in [0.717, 1.165) is 11.5 Å². The number of aryl methyl sites for hydroxylation is 2. The van der Waals surface area contributed by atoms with Crippen LogP contribution in [-0.4, -0.2) is 43.0 Å². The predicted octanol–water partition coefficient (Wildman–Crippen LogP) is 0.484. The Morgan fingerprint density at radius 3 is 2.67 bits per heavy atom. The van der Waals surface area contributed by atoms with Crippen LogP contribution in [0.15, 0.2) is 12.4 Å². The van der Waals surface area contributed by atoms with Gasteiger partial charge in [-0.1, -0.05) is 0 Å². The molecule has 0 atom stereocenters. The first-order valence-electron chi connectivity index (χ1n) is 5.48. The lowest BCUT2D eigenvalue weighted by Gasteiger charge is -2.14. The monoisotopic (exact) mass is 246 g/mol. The van der Waals surface area contributed by atoms with Gasteiger partial charge in [0.1, 0.15) is 11.5 Å². The Labute approximate surface area is 104 Å². The molecule has 0 unspecified atom stereocenters. The van der Waals surface area contributed by atoms with Crippen molar-refractivity contribution in [1.29, 1.82) is 0 Å². The molecule has 0 aromatic carbocycles. The van der Waals surface area contributed by atoms with Crippen molar-refractivity contribution in [2.45, 2.75) is 20.4 Å². The summed E-state index contributed by atoms with van der Waals surface area (Å²) in [5.74, 6) is 1.09. The number of H-pyrrole nitrogens is 1. The Balaban J connectivity index is 2.07. The maximum Gasteiger partial charge on any atom is 0.274 e. The van der Waals surface area contributed by atoms with Gasteiger partial charge in [-0.2, -0.15) is 5.10 Å². The Bertz CT molecular complexity index is 547. The van der Waals surface area contributed by atoms with Crippen molar-refractivity contribution in [2.24, 2.45) is 0 Å². The number of carbonyl (C=O) groups excluding carboxylic acids is 1. The molecule has 0 aliphatic heterocycles. The van der Waals surface area contributed by atoms with Crippen LogP contribution in [0.3, 0.4) is 0 Å². The van der Waals surface area contributed by atoms with Gasteiger partial charge in [-0.25, -0.2) is 9.97 Å². The normalized spacial score (nSPS) is 10.4. The van der Waals surface area contributed by atoms with E-state index < -0.39 is 0 Å². The standard InChI is InChI=1S/C11H14N6O/c1-7-4-13-9(5-12-7)11(18)17(3)6-10-14-8(2)15-16-10/h4-5H,6H2,1-3H3,(H,14,15,16). The highest BCUT2D eigenvalue weighted by Crippen LogP contribution is 2.03. The summed E-state index contributed by atoms with van der Waals surface area (Å²) >= 11 is 0. The summed E-state index contributed by atoms with van der Waals surface area (Å²) in [6.07, 6.45) is 3.04. The zero-order valence-electron chi connectivity index (χ0n) is 10.5. The number of amides is 1. The van der Waals surface area contributed by atoms with Gasteiger partial charge in [0.05, 0.1) is 18.4 Å². The third-order valence-electron chi connectivity index (χ3n) is 2.37. The number of aromatic nitrogens is 5. The van der Waals surface area contributed by atoms with Crippen LogP contribution in [0.2, 0.25) is 0 Å². The summed E-state index contributed by atoms with van der Waals surface area (Å²) in [5.41, 5.74) is 1.09. The third-order valence-corrected chi connectivity index (χ3v) is 2.37. The van der Waals surface area contributed by atoms with Gasteiger partial charge in [0, 0.05) is 13.2 Å². The first-order chi connectivity index (χ1) is 8.56. The first kappa shape index (κ1) is 12.2. The molecule has 2 heterocycles. The Morgan fingerprint density at radius 1 is 1.33 bits per heavy atom. The molecule has 1 N–H and O–H groups in total. The maximum absolute atomic E-state index is 12.0. The molecule has 0 bridgehead atoms. The third kappa shape index (κ3) is 2.68. The first-order valence-corrected chi connectivity index (χ1v) is 5.48. The fourth-order valence-corrected chi connectivity index (χ4v) is 1.44. The molecule has 0 radical (unpaired) electrons. The van der Waals surface area contributed by atoms with E-state index in [1.54, 1.807) is 13.2 Å². The van der Waals surface area contributed by atoms with Gasteiger partial charge in [0.2, 0.25) is 0 Å². The fourth-order valence-electron chi connectivity index (χ4n) is 1.44. The van der Waals surface area contributed by atoms with Crippen LogP contribution in [0.5, 0.6) is 0 Å². The number of aromatic amines is 1. The highest BCUT2D eigenvalue weighted by molar-refractivity contribution is 5.91. The minimum Gasteiger partial charge on any atom is -0.333 e. The number of nitrogens with one attached hydrogen (secondary N) is 1. The lowest BCUT2D eigenvalue weighted by molar-refractivity contribution is 0.0775. The van der Waals surface area contributed by atoms with Crippen LogP contribution in [-0.2, 0) is 6.54 Å². The summed E-state index contributed by atoms with van der Waals surface area (Å²) in [6.45, 7) is 3.96. The van der Waals surface area contributed by atoms with Crippen molar-refractivity contribution >= 4 is 5.91 Å². The minimum absolute atomic E-state index is 0.204. The fraction of sp³-hybridized carbons (Fsp3) is 0.364. The molecule has 2 aromatic heterocycles. The second-order valence-electron chi connectivity index (χ2n) is 4.04. The molecular weight excluding hydrogens is 232 g/mol. The lowest BCUT2D eigenvalue weighted by Crippen LogP contribution is -2.27. The van der Waals surface area contributed by atoms with Gasteiger partial charge in [-0.3, -0.25) is 14.9 Å². The van der Waals surface area contributed by atoms with Crippen molar-refractivity contribution in [2.75, 3.05) is 7.05 Å². The maximum atomic E-state index is 12.0. The van der Waals surface area contributed by atoms with Gasteiger partial charge < -0.3 is 4.90 Å². The van der Waals surface area contributed by atoms with Crippen molar-refractivity contribution in [1.82, 2.24) is 30.0 Å². The Kier molecular flexibility index (Phi) is 3.31. The van der Waals surface area contributed by atoms with Crippen LogP contribution >= 0.6 is 0 Å². The zero-order valence-corrected chi connectivity index (χ0v) is 10.5. The van der Waals surface area contributed by atoms with E-state index in [9.17, 15) is 4.79 Å². The minimum atomic E-state index is -0.204. The summed E-state index contributed by atoms with van der Waals surface area (Å²) in [5, 5.41) is 6.71. The van der Waals surface area contributed by atoms with Crippen LogP contribution in [0.4, 0.5) is 0 Å². The summed E-state index contributed by atoms with van der Waals surface area (Å²) in [7, 11) is 1.68. The SMILES string of the molecule is Cc1cnc(C(=O)N(C)Cc2n[nH]c(C)n2)cn1. The Morgan fingerprint density at radius 2 is 2.11 bits per heavy atom. The van der Waals surface area contributed by atoms with Crippen LogP contribution in [0.1, 0.15) is 27.8 Å². The predicted molar refractivity (Wildman–Crippen MR) is 63.7 cm³/mol. The second kappa shape index (κ2) is 4.91. The van der Waals surface area contributed by atoms with Gasteiger partial charge >= 0.3 is 0 Å². The molecular formula is C11H14N6O. The van der Waals surface area contributed by atoms with E-state index >= 15 is 0 Å². The number of hydrogen-bond acceptors (Lipinski definition) is 5. The molecule has 0 aliphatic carbocycles. The van der Waals surface area contributed by atoms with Crippen LogP contribution in [0, 0.1) is 13.8 Å². The van der Waals surface area contributed by atoms with E-state index in [1.807, 2.05) is 13.8 Å². The van der Waals surface area contributed by atoms with E-state index in [4.69, 9.17) is 0 Å². The quantitative estimate of drug-likeness (QED) is 0.851. The summed E-state index contributed by atoms with van der Waals surface area (Å²) in [6, 6.07) is 0. The van der Waals surface area contributed by atoms with Crippen molar-refractivity contribution < 1.29 is 4.79 Å². The van der Waals surface area contributed by atoms with E-state index in [2.05, 4.69) is 25.1 Å². The van der Waals surface area contributed by atoms with Gasteiger partial charge in [0.15, 0.2) is 5.82 Å². The van der Waals surface area contributed by atoms with E-state index in [1.165, 1.54) is 11.1 Å². The van der Waals surface area contributed by atoms with E-state index in [-0.39, 0.29) is 5.91 Å². The molecule has 94 valence electrons. The molecule has 0 saturated carbocycles. The average molecular weight is 246 g/mol. The smallest absolute Gasteiger partial charge is 0.274 e. The molecule has 0 spiro atoms.